The van der Waals surface area contributed by atoms with Crippen molar-refractivity contribution >= 4 is 11.9 Å². The third kappa shape index (κ3) is 13.0. The molecule has 4 nitrogen and oxygen atoms in total. The summed E-state index contributed by atoms with van der Waals surface area (Å²) >= 11 is 0. The van der Waals surface area contributed by atoms with E-state index in [-0.39, 0.29) is 30.5 Å². The smallest absolute Gasteiger partial charge is 0.419 e. The zero-order chi connectivity index (χ0) is 29.2. The van der Waals surface area contributed by atoms with Crippen molar-refractivity contribution in [2.45, 2.75) is 129 Å². The van der Waals surface area contributed by atoms with Gasteiger partial charge in [-0.1, -0.05) is 103 Å². The molecule has 1 saturated heterocycles. The van der Waals surface area contributed by atoms with E-state index in [1.165, 1.54) is 88.4 Å². The summed E-state index contributed by atoms with van der Waals surface area (Å²) in [4.78, 5) is 26.4. The zero-order valence-electron chi connectivity index (χ0n) is 24.3. The molecule has 40 heavy (non-hydrogen) atoms. The maximum atomic E-state index is 13.8. The predicted octanol–water partition coefficient (Wildman–Crippen LogP) is 9.50. The molecule has 0 bridgehead atoms. The lowest BCUT2D eigenvalue weighted by molar-refractivity contribution is -0.150. The van der Waals surface area contributed by atoms with Crippen molar-refractivity contribution < 1.29 is 31.9 Å². The topological polar surface area (TPSA) is 46.6 Å². The maximum absolute atomic E-state index is 13.8. The second-order valence-corrected chi connectivity index (χ2v) is 11.2. The largest absolute Gasteiger partial charge is 0.465 e. The van der Waals surface area contributed by atoms with Gasteiger partial charge in [0.15, 0.2) is 0 Å². The SMILES string of the molecule is CCCCCCCCCCCCCCCCCCOC(=O)C1CCN(C(=O)c2ccc(C(F)(F)F)c(F)c2)CC1. The highest BCUT2D eigenvalue weighted by Gasteiger charge is 2.35. The Balaban J connectivity index is 1.46. The molecule has 0 unspecified atom stereocenters. The van der Waals surface area contributed by atoms with Crippen molar-refractivity contribution in [1.82, 2.24) is 4.90 Å². The molecule has 0 radical (unpaired) electrons. The summed E-state index contributed by atoms with van der Waals surface area (Å²) in [5, 5.41) is 0. The van der Waals surface area contributed by atoms with Crippen molar-refractivity contribution in [3.8, 4) is 0 Å². The second-order valence-electron chi connectivity index (χ2n) is 11.2. The summed E-state index contributed by atoms with van der Waals surface area (Å²) < 4.78 is 57.5. The van der Waals surface area contributed by atoms with Crippen LogP contribution in [0, 0.1) is 11.7 Å². The van der Waals surface area contributed by atoms with Gasteiger partial charge in [0.1, 0.15) is 5.82 Å². The molecule has 0 spiro atoms. The third-order valence-corrected chi connectivity index (χ3v) is 7.88. The molecule has 228 valence electrons. The van der Waals surface area contributed by atoms with Gasteiger partial charge in [0.2, 0.25) is 0 Å². The standard InChI is InChI=1S/C32H49F4NO3/c1-2-3-4-5-6-7-8-9-10-11-12-13-14-15-16-17-24-40-31(39)26-20-22-37(23-21-26)30(38)27-18-19-28(29(33)25-27)32(34,35)36/h18-19,25-26H,2-17,20-24H2,1H3. The van der Waals surface area contributed by atoms with Gasteiger partial charge in [-0.3, -0.25) is 9.59 Å². The predicted molar refractivity (Wildman–Crippen MR) is 151 cm³/mol. The molecule has 1 aliphatic heterocycles. The number of hydrogen-bond acceptors (Lipinski definition) is 3. The van der Waals surface area contributed by atoms with Crippen molar-refractivity contribution in [3.63, 3.8) is 0 Å². The molecule has 0 N–H and O–H groups in total. The molecular formula is C32H49F4NO3. The van der Waals surface area contributed by atoms with E-state index in [2.05, 4.69) is 6.92 Å². The number of hydrogen-bond donors (Lipinski definition) is 0. The van der Waals surface area contributed by atoms with E-state index < -0.39 is 23.5 Å². The van der Waals surface area contributed by atoms with Gasteiger partial charge in [-0.25, -0.2) is 4.39 Å². The van der Waals surface area contributed by atoms with Crippen LogP contribution in [0.2, 0.25) is 0 Å². The minimum Gasteiger partial charge on any atom is -0.465 e. The Morgan fingerprint density at radius 1 is 0.800 bits per heavy atom. The van der Waals surface area contributed by atoms with Crippen LogP contribution in [0.5, 0.6) is 0 Å². The summed E-state index contributed by atoms with van der Waals surface area (Å²) in [5.74, 6) is -2.55. The van der Waals surface area contributed by atoms with Gasteiger partial charge in [0, 0.05) is 18.7 Å². The summed E-state index contributed by atoms with van der Waals surface area (Å²) in [6.45, 7) is 3.22. The van der Waals surface area contributed by atoms with Gasteiger partial charge in [-0.15, -0.1) is 0 Å². The Morgan fingerprint density at radius 2 is 1.27 bits per heavy atom. The number of carbonyl (C=O) groups is 2. The number of rotatable bonds is 19. The number of nitrogens with zero attached hydrogens (tertiary/aromatic N) is 1. The van der Waals surface area contributed by atoms with Crippen LogP contribution in [0.25, 0.3) is 0 Å². The first-order valence-electron chi connectivity index (χ1n) is 15.6. The highest BCUT2D eigenvalue weighted by molar-refractivity contribution is 5.94. The lowest BCUT2D eigenvalue weighted by Crippen LogP contribution is -2.40. The van der Waals surface area contributed by atoms with E-state index in [0.29, 0.717) is 31.6 Å². The Kier molecular flexibility index (Phi) is 16.3. The van der Waals surface area contributed by atoms with Crippen LogP contribution in [-0.4, -0.2) is 36.5 Å². The van der Waals surface area contributed by atoms with E-state index in [9.17, 15) is 27.2 Å². The van der Waals surface area contributed by atoms with Crippen molar-refractivity contribution in [3.05, 3.63) is 35.1 Å². The molecule has 1 aliphatic rings. The number of benzene rings is 1. The van der Waals surface area contributed by atoms with E-state index in [1.54, 1.807) is 0 Å². The van der Waals surface area contributed by atoms with Gasteiger partial charge >= 0.3 is 12.1 Å². The highest BCUT2D eigenvalue weighted by Crippen LogP contribution is 2.32. The van der Waals surface area contributed by atoms with Gasteiger partial charge in [0.05, 0.1) is 18.1 Å². The van der Waals surface area contributed by atoms with Crippen LogP contribution in [0.1, 0.15) is 138 Å². The van der Waals surface area contributed by atoms with E-state index in [1.807, 2.05) is 0 Å². The maximum Gasteiger partial charge on any atom is 0.419 e. The normalized spacial score (nSPS) is 14.5. The fourth-order valence-electron chi connectivity index (χ4n) is 5.32. The van der Waals surface area contributed by atoms with Gasteiger partial charge < -0.3 is 9.64 Å². The summed E-state index contributed by atoms with van der Waals surface area (Å²) in [7, 11) is 0. The molecule has 1 aromatic rings. The summed E-state index contributed by atoms with van der Waals surface area (Å²) in [5.41, 5.74) is -1.52. The zero-order valence-corrected chi connectivity index (χ0v) is 24.3. The van der Waals surface area contributed by atoms with E-state index >= 15 is 0 Å². The van der Waals surface area contributed by atoms with Crippen LogP contribution >= 0.6 is 0 Å². The quantitative estimate of drug-likeness (QED) is 0.0944. The molecular weight excluding hydrogens is 522 g/mol. The molecule has 0 aromatic heterocycles. The molecule has 1 aromatic carbocycles. The van der Waals surface area contributed by atoms with E-state index in [4.69, 9.17) is 4.74 Å². The first kappa shape index (κ1) is 34.1. The first-order valence-corrected chi connectivity index (χ1v) is 15.6. The number of unbranched alkanes of at least 4 members (excludes halogenated alkanes) is 15. The molecule has 1 fully saturated rings. The van der Waals surface area contributed by atoms with E-state index in [0.717, 1.165) is 25.3 Å². The summed E-state index contributed by atoms with van der Waals surface area (Å²) in [6, 6.07) is 2.21. The van der Waals surface area contributed by atoms with Gasteiger partial charge in [-0.05, 0) is 37.5 Å². The number of ether oxygens (including phenoxy) is 1. The minimum absolute atomic E-state index is 0.130. The Bertz CT molecular complexity index is 866. The molecule has 0 saturated carbocycles. The lowest BCUT2D eigenvalue weighted by atomic mass is 9.96. The number of piperidine rings is 1. The molecule has 0 aliphatic carbocycles. The fraction of sp³-hybridized carbons (Fsp3) is 0.750. The molecule has 0 atom stereocenters. The minimum atomic E-state index is -4.81. The summed E-state index contributed by atoms with van der Waals surface area (Å²) in [6.07, 6.45) is 16.6. The second kappa shape index (κ2) is 19.1. The molecule has 1 amide bonds. The average Bonchev–Trinajstić information content (AvgIpc) is 2.93. The first-order chi connectivity index (χ1) is 19.2. The Morgan fingerprint density at radius 3 is 1.73 bits per heavy atom. The Hall–Kier alpha value is -2.12. The number of amides is 1. The van der Waals surface area contributed by atoms with Crippen LogP contribution in [0.4, 0.5) is 17.6 Å². The van der Waals surface area contributed by atoms with Crippen LogP contribution in [0.15, 0.2) is 18.2 Å². The molecule has 2 rings (SSSR count). The van der Waals surface area contributed by atoms with Crippen molar-refractivity contribution in [2.24, 2.45) is 5.92 Å². The molecule has 8 heteroatoms. The number of carbonyl (C=O) groups excluding carboxylic acids is 2. The van der Waals surface area contributed by atoms with Gasteiger partial charge in [0.25, 0.3) is 5.91 Å². The number of alkyl halides is 3. The van der Waals surface area contributed by atoms with Crippen LogP contribution in [0.3, 0.4) is 0 Å². The van der Waals surface area contributed by atoms with Crippen LogP contribution in [-0.2, 0) is 15.7 Å². The van der Waals surface area contributed by atoms with Crippen molar-refractivity contribution in [1.29, 1.82) is 0 Å². The third-order valence-electron chi connectivity index (χ3n) is 7.88. The fourth-order valence-corrected chi connectivity index (χ4v) is 5.32. The average molecular weight is 572 g/mol. The number of likely N-dealkylation sites (tertiary alicyclic amines) is 1. The number of esters is 1. The molecule has 1 heterocycles. The lowest BCUT2D eigenvalue weighted by Gasteiger charge is -2.31. The van der Waals surface area contributed by atoms with Crippen molar-refractivity contribution in [2.75, 3.05) is 19.7 Å². The Labute approximate surface area is 238 Å². The van der Waals surface area contributed by atoms with Crippen LogP contribution < -0.4 is 0 Å². The monoisotopic (exact) mass is 571 g/mol. The highest BCUT2D eigenvalue weighted by atomic mass is 19.4. The van der Waals surface area contributed by atoms with Gasteiger partial charge in [-0.2, -0.15) is 13.2 Å². The number of halogens is 4.